The molecule has 3 rings (SSSR count). The van der Waals surface area contributed by atoms with Crippen LogP contribution >= 0.6 is 11.5 Å². The molecule has 1 aliphatic rings. The first kappa shape index (κ1) is 22.0. The van der Waals surface area contributed by atoms with Crippen molar-refractivity contribution in [1.29, 1.82) is 0 Å². The maximum Gasteiger partial charge on any atom is 0.344 e. The molecule has 162 valence electrons. The van der Waals surface area contributed by atoms with Gasteiger partial charge in [-0.25, -0.2) is 9.59 Å². The van der Waals surface area contributed by atoms with Crippen LogP contribution in [0.25, 0.3) is 0 Å². The number of hydrogen-bond donors (Lipinski definition) is 3. The van der Waals surface area contributed by atoms with Crippen molar-refractivity contribution in [2.45, 2.75) is 20.0 Å². The van der Waals surface area contributed by atoms with Gasteiger partial charge < -0.3 is 19.9 Å². The van der Waals surface area contributed by atoms with Crippen LogP contribution < -0.4 is 15.4 Å². The predicted molar refractivity (Wildman–Crippen MR) is 113 cm³/mol. The minimum atomic E-state index is -1.20. The Morgan fingerprint density at radius 1 is 1.27 bits per heavy atom. The monoisotopic (exact) mass is 434 g/mol. The number of urea groups is 1. The van der Waals surface area contributed by atoms with Gasteiger partial charge in [-0.15, -0.1) is 0 Å². The Hall–Kier alpha value is -2.69. The van der Waals surface area contributed by atoms with Gasteiger partial charge in [-0.2, -0.15) is 4.37 Å². The number of nitrogens with one attached hydrogen (secondary N) is 2. The summed E-state index contributed by atoms with van der Waals surface area (Å²) >= 11 is 0.882. The maximum atomic E-state index is 12.1. The highest BCUT2D eigenvalue weighted by Gasteiger charge is 2.23. The highest BCUT2D eigenvalue weighted by Crippen LogP contribution is 2.31. The zero-order chi connectivity index (χ0) is 21.3. The number of morpholine rings is 1. The van der Waals surface area contributed by atoms with Crippen LogP contribution in [0.1, 0.15) is 27.9 Å². The minimum Gasteiger partial charge on any atom is -0.477 e. The van der Waals surface area contributed by atoms with E-state index in [0.29, 0.717) is 6.54 Å². The summed E-state index contributed by atoms with van der Waals surface area (Å²) in [6, 6.07) is 7.26. The summed E-state index contributed by atoms with van der Waals surface area (Å²) in [5, 5.41) is 15.0. The molecule has 0 radical (unpaired) electrons. The number of hydrogen-bond acceptors (Lipinski definition) is 7. The Morgan fingerprint density at radius 3 is 2.70 bits per heavy atom. The number of carbonyl (C=O) groups excluding carboxylic acids is 1. The molecule has 1 aromatic carbocycles. The number of aromatic carboxylic acids is 1. The van der Waals surface area contributed by atoms with E-state index in [4.69, 9.17) is 9.47 Å². The Balaban J connectivity index is 1.49. The van der Waals surface area contributed by atoms with Crippen molar-refractivity contribution in [3.8, 4) is 5.88 Å². The summed E-state index contributed by atoms with van der Waals surface area (Å²) in [4.78, 5) is 26.1. The lowest BCUT2D eigenvalue weighted by Gasteiger charge is -2.26. The van der Waals surface area contributed by atoms with Gasteiger partial charge in [0.25, 0.3) is 0 Å². The van der Waals surface area contributed by atoms with E-state index in [9.17, 15) is 14.7 Å². The third-order valence-electron chi connectivity index (χ3n) is 4.64. The highest BCUT2D eigenvalue weighted by molar-refractivity contribution is 7.11. The normalized spacial score (nSPS) is 14.3. The minimum absolute atomic E-state index is 0.00399. The van der Waals surface area contributed by atoms with Crippen molar-refractivity contribution in [3.63, 3.8) is 0 Å². The zero-order valence-corrected chi connectivity index (χ0v) is 17.7. The van der Waals surface area contributed by atoms with Crippen molar-refractivity contribution in [3.05, 3.63) is 41.0 Å². The Morgan fingerprint density at radius 2 is 2.00 bits per heavy atom. The van der Waals surface area contributed by atoms with Crippen LogP contribution in [0, 0.1) is 6.92 Å². The summed E-state index contributed by atoms with van der Waals surface area (Å²) in [5.74, 6) is -1.21. The van der Waals surface area contributed by atoms with Crippen LogP contribution in [0.3, 0.4) is 0 Å². The lowest BCUT2D eigenvalue weighted by Crippen LogP contribution is -2.38. The lowest BCUT2D eigenvalue weighted by atomic mass is 10.2. The molecular formula is C20H26N4O5S. The number of aryl methyl sites for hydroxylation is 1. The molecule has 9 nitrogen and oxygen atoms in total. The second-order valence-electron chi connectivity index (χ2n) is 6.96. The molecule has 2 aromatic rings. The first-order valence-electron chi connectivity index (χ1n) is 9.79. The number of carboxylic acid groups (broad SMARTS) is 1. The van der Waals surface area contributed by atoms with Crippen molar-refractivity contribution in [2.24, 2.45) is 0 Å². The number of anilines is 1. The van der Waals surface area contributed by atoms with E-state index in [0.717, 1.165) is 61.9 Å². The number of nitrogens with zero attached hydrogens (tertiary/aromatic N) is 2. The summed E-state index contributed by atoms with van der Waals surface area (Å²) in [5.41, 5.74) is 1.88. The topological polar surface area (TPSA) is 113 Å². The molecule has 1 aliphatic heterocycles. The Labute approximate surface area is 179 Å². The lowest BCUT2D eigenvalue weighted by molar-refractivity contribution is 0.0375. The third-order valence-corrected chi connectivity index (χ3v) is 5.38. The van der Waals surface area contributed by atoms with Gasteiger partial charge in [-0.3, -0.25) is 10.2 Å². The molecule has 2 amide bonds. The molecule has 0 atom stereocenters. The van der Waals surface area contributed by atoms with Crippen LogP contribution in [-0.2, 0) is 11.3 Å². The zero-order valence-electron chi connectivity index (χ0n) is 16.8. The second kappa shape index (κ2) is 10.9. The number of amides is 2. The van der Waals surface area contributed by atoms with Crippen LogP contribution in [0.2, 0.25) is 0 Å². The molecule has 2 heterocycles. The van der Waals surface area contributed by atoms with Crippen molar-refractivity contribution < 1.29 is 24.2 Å². The number of aromatic nitrogens is 1. The van der Waals surface area contributed by atoms with E-state index in [-0.39, 0.29) is 23.1 Å². The molecular weight excluding hydrogens is 408 g/mol. The SMILES string of the molecule is Cc1ccc(COc2nsc(NC(=O)NCCCN3CCOCC3)c2C(=O)O)cc1. The second-order valence-corrected chi connectivity index (χ2v) is 7.73. The first-order valence-corrected chi connectivity index (χ1v) is 10.6. The van der Waals surface area contributed by atoms with Crippen LogP contribution in [-0.4, -0.2) is 65.8 Å². The first-order chi connectivity index (χ1) is 14.5. The molecule has 0 spiro atoms. The van der Waals surface area contributed by atoms with Crippen LogP contribution in [0.15, 0.2) is 24.3 Å². The highest BCUT2D eigenvalue weighted by atomic mass is 32.1. The summed E-state index contributed by atoms with van der Waals surface area (Å²) in [6.07, 6.45) is 0.798. The standard InChI is InChI=1S/C20H26N4O5S/c1-14-3-5-15(6-4-14)13-29-17-16(19(25)26)18(30-23-17)22-20(27)21-7-2-8-24-9-11-28-12-10-24/h3-6H,2,7-13H2,1H3,(H,25,26)(H2,21,22,27). The molecule has 10 heteroatoms. The summed E-state index contributed by atoms with van der Waals surface area (Å²) in [6.45, 7) is 6.83. The van der Waals surface area contributed by atoms with Crippen LogP contribution in [0.4, 0.5) is 9.80 Å². The Kier molecular flexibility index (Phi) is 8.00. The van der Waals surface area contributed by atoms with Gasteiger partial charge >= 0.3 is 12.0 Å². The van der Waals surface area contributed by atoms with Crippen molar-refractivity contribution >= 4 is 28.5 Å². The van der Waals surface area contributed by atoms with Gasteiger partial charge in [-0.1, -0.05) is 29.8 Å². The fraction of sp³-hybridized carbons (Fsp3) is 0.450. The molecule has 0 bridgehead atoms. The van der Waals surface area contributed by atoms with Gasteiger partial charge in [0.15, 0.2) is 5.56 Å². The average molecular weight is 435 g/mol. The number of carboxylic acids is 1. The van der Waals surface area contributed by atoms with Crippen molar-refractivity contribution in [2.75, 3.05) is 44.7 Å². The quantitative estimate of drug-likeness (QED) is 0.520. The molecule has 0 unspecified atom stereocenters. The summed E-state index contributed by atoms with van der Waals surface area (Å²) in [7, 11) is 0. The average Bonchev–Trinajstić information content (AvgIpc) is 3.14. The number of carbonyl (C=O) groups is 2. The maximum absolute atomic E-state index is 12.1. The van der Waals surface area contributed by atoms with Gasteiger partial charge in [0, 0.05) is 19.6 Å². The van der Waals surface area contributed by atoms with E-state index < -0.39 is 12.0 Å². The molecule has 0 aliphatic carbocycles. The van der Waals surface area contributed by atoms with E-state index in [1.54, 1.807) is 0 Å². The van der Waals surface area contributed by atoms with Gasteiger partial charge in [0.2, 0.25) is 5.88 Å². The molecule has 30 heavy (non-hydrogen) atoms. The number of ether oxygens (including phenoxy) is 2. The predicted octanol–water partition coefficient (Wildman–Crippen LogP) is 2.57. The van der Waals surface area contributed by atoms with E-state index >= 15 is 0 Å². The van der Waals surface area contributed by atoms with Gasteiger partial charge in [-0.05, 0) is 37.0 Å². The Bertz CT molecular complexity index is 849. The summed E-state index contributed by atoms with van der Waals surface area (Å²) < 4.78 is 14.9. The molecule has 0 saturated carbocycles. The number of rotatable bonds is 9. The molecule has 1 fully saturated rings. The number of benzene rings is 1. The van der Waals surface area contributed by atoms with Crippen molar-refractivity contribution in [1.82, 2.24) is 14.6 Å². The fourth-order valence-electron chi connectivity index (χ4n) is 2.96. The van der Waals surface area contributed by atoms with E-state index in [1.807, 2.05) is 31.2 Å². The smallest absolute Gasteiger partial charge is 0.344 e. The van der Waals surface area contributed by atoms with E-state index in [1.165, 1.54) is 0 Å². The van der Waals surface area contributed by atoms with Crippen LogP contribution in [0.5, 0.6) is 5.88 Å². The third kappa shape index (κ3) is 6.41. The van der Waals surface area contributed by atoms with Gasteiger partial charge in [0.1, 0.15) is 11.6 Å². The van der Waals surface area contributed by atoms with Gasteiger partial charge in [0.05, 0.1) is 13.2 Å². The largest absolute Gasteiger partial charge is 0.477 e. The molecule has 1 saturated heterocycles. The molecule has 1 aromatic heterocycles. The molecule has 3 N–H and O–H groups in total. The fourth-order valence-corrected chi connectivity index (χ4v) is 3.68. The van der Waals surface area contributed by atoms with E-state index in [2.05, 4.69) is 19.9 Å².